The van der Waals surface area contributed by atoms with Crippen molar-refractivity contribution in [3.8, 4) is 11.5 Å². The van der Waals surface area contributed by atoms with Crippen LogP contribution >= 0.6 is 0 Å². The maximum absolute atomic E-state index is 10.9. The largest absolute Gasteiger partial charge is 0.508 e. The summed E-state index contributed by atoms with van der Waals surface area (Å²) in [5.41, 5.74) is 2.09. The molecule has 0 spiro atoms. The number of para-hydroxylation sites is 1. The molecule has 0 radical (unpaired) electrons. The Kier molecular flexibility index (Phi) is 25.0. The van der Waals surface area contributed by atoms with Gasteiger partial charge >= 0.3 is 0 Å². The van der Waals surface area contributed by atoms with Crippen LogP contribution in [0, 0.1) is 6.92 Å². The van der Waals surface area contributed by atoms with Gasteiger partial charge in [-0.15, -0.1) is 0 Å². The Bertz CT molecular complexity index is 1770. The average molecular weight is 797 g/mol. The molecule has 0 saturated carbocycles. The third-order valence-corrected chi connectivity index (χ3v) is 9.85. The molecule has 0 fully saturated rings. The Morgan fingerprint density at radius 1 is 0.434 bits per heavy atom. The summed E-state index contributed by atoms with van der Waals surface area (Å²) in [6, 6.07) is 25.8. The lowest BCUT2D eigenvalue weighted by Gasteiger charge is -2.04. The van der Waals surface area contributed by atoms with Gasteiger partial charge in [-0.3, -0.25) is 13.7 Å². The Labute approximate surface area is 317 Å². The van der Waals surface area contributed by atoms with E-state index >= 15 is 0 Å². The lowest BCUT2D eigenvalue weighted by Crippen LogP contribution is -1.98. The number of unbranched alkanes of at least 4 members (excludes halogenated alkanes) is 9. The molecule has 0 aliphatic rings. The molecule has 0 amide bonds. The Morgan fingerprint density at radius 3 is 1.09 bits per heavy atom. The Morgan fingerprint density at radius 2 is 0.755 bits per heavy atom. The minimum atomic E-state index is -4.13. The topological polar surface area (TPSA) is 204 Å². The van der Waals surface area contributed by atoms with Crippen LogP contribution < -0.4 is 0 Å². The van der Waals surface area contributed by atoms with Crippen molar-refractivity contribution in [2.75, 3.05) is 0 Å². The van der Waals surface area contributed by atoms with Crippen LogP contribution in [-0.2, 0) is 36.8 Å². The van der Waals surface area contributed by atoms with Gasteiger partial charge in [-0.05, 0) is 86.0 Å². The first-order chi connectivity index (χ1) is 24.9. The van der Waals surface area contributed by atoms with E-state index in [1.54, 1.807) is 48.5 Å². The van der Waals surface area contributed by atoms with Gasteiger partial charge in [0.2, 0.25) is 0 Å². The van der Waals surface area contributed by atoms with Crippen LogP contribution in [0.3, 0.4) is 0 Å². The van der Waals surface area contributed by atoms with E-state index in [1.807, 2.05) is 26.8 Å². The number of hydrogen-bond donors (Lipinski definition) is 5. The molecule has 0 aliphatic heterocycles. The van der Waals surface area contributed by atoms with Crippen molar-refractivity contribution in [2.45, 2.75) is 113 Å². The molecule has 0 bridgehead atoms. The zero-order valence-corrected chi connectivity index (χ0v) is 33.5. The fourth-order valence-electron chi connectivity index (χ4n) is 4.40. The SMILES string of the molecule is CC.CCCCCCCCCCCCc1ccc(S(=O)(=O)O)cc1.Cc1ccc(S(=O)(=O)O)cc1.O=S(=O)(O)c1ccc(O)cc1.Oc1ccccc1. The zero-order valence-electron chi connectivity index (χ0n) is 31.0. The quantitative estimate of drug-likeness (QED) is 0.0600. The van der Waals surface area contributed by atoms with Crippen molar-refractivity contribution >= 4 is 30.4 Å². The average Bonchev–Trinajstić information content (AvgIpc) is 3.11. The molecule has 11 nitrogen and oxygen atoms in total. The first-order valence-corrected chi connectivity index (χ1v) is 21.9. The highest BCUT2D eigenvalue weighted by molar-refractivity contribution is 7.86. The summed E-state index contributed by atoms with van der Waals surface area (Å²) in [4.78, 5) is -0.322. The molecule has 5 N–H and O–H groups in total. The van der Waals surface area contributed by atoms with Crippen LogP contribution in [-0.4, -0.2) is 49.1 Å². The van der Waals surface area contributed by atoms with Gasteiger partial charge in [-0.2, -0.15) is 25.3 Å². The van der Waals surface area contributed by atoms with E-state index in [9.17, 15) is 25.3 Å². The summed E-state index contributed by atoms with van der Waals surface area (Å²) in [6.07, 6.45) is 14.1. The third kappa shape index (κ3) is 25.0. The van der Waals surface area contributed by atoms with E-state index in [0.717, 1.165) is 36.1 Å². The standard InChI is InChI=1S/C18H30O3S.C7H8O3S.C6H6O4S.C6H6O.C2H6/c1-2-3-4-5-6-7-8-9-10-11-12-17-13-15-18(16-14-17)22(19,20)21;1-6-2-4-7(5-3-6)11(8,9)10;7-5-1-3-6(4-2-5)11(8,9)10;7-6-4-2-1-3-5-6;1-2/h13-16H,2-12H2,1H3,(H,19,20,21);2-5H,1H3,(H,8,9,10);1-4,7H,(H,8,9,10);1-5,7H;1-2H3. The molecule has 0 aromatic heterocycles. The van der Waals surface area contributed by atoms with Gasteiger partial charge in [0.05, 0.1) is 14.7 Å². The lowest BCUT2D eigenvalue weighted by molar-refractivity contribution is 0.472. The fraction of sp³-hybridized carbons (Fsp3) is 0.385. The van der Waals surface area contributed by atoms with Crippen LogP contribution in [0.5, 0.6) is 11.5 Å². The number of benzene rings is 4. The predicted octanol–water partition coefficient (Wildman–Crippen LogP) is 9.70. The van der Waals surface area contributed by atoms with Crippen molar-refractivity contribution in [3.63, 3.8) is 0 Å². The van der Waals surface area contributed by atoms with Crippen molar-refractivity contribution in [1.82, 2.24) is 0 Å². The molecule has 4 aromatic rings. The predicted molar refractivity (Wildman–Crippen MR) is 210 cm³/mol. The first-order valence-electron chi connectivity index (χ1n) is 17.5. The second-order valence-electron chi connectivity index (χ2n) is 11.6. The van der Waals surface area contributed by atoms with Crippen LogP contribution in [0.1, 0.15) is 96.1 Å². The second kappa shape index (κ2) is 26.9. The molecule has 0 heterocycles. The smallest absolute Gasteiger partial charge is 0.294 e. The van der Waals surface area contributed by atoms with E-state index in [1.165, 1.54) is 94.2 Å². The number of rotatable bonds is 14. The molecular weight excluding hydrogens is 741 g/mol. The highest BCUT2D eigenvalue weighted by Crippen LogP contribution is 2.15. The molecule has 4 rings (SSSR count). The number of phenolic OH excluding ortho intramolecular Hbond substituents is 2. The second-order valence-corrected chi connectivity index (χ2v) is 15.9. The minimum Gasteiger partial charge on any atom is -0.508 e. The van der Waals surface area contributed by atoms with Gasteiger partial charge < -0.3 is 10.2 Å². The molecular formula is C39H56O11S3. The lowest BCUT2D eigenvalue weighted by atomic mass is 10.0. The highest BCUT2D eigenvalue weighted by atomic mass is 32.2. The summed E-state index contributed by atoms with van der Waals surface area (Å²) in [5, 5.41) is 17.4. The Balaban J connectivity index is 0.000000731. The summed E-state index contributed by atoms with van der Waals surface area (Å²) in [5.74, 6) is 0.278. The number of phenols is 2. The Hall–Kier alpha value is -3.79. The van der Waals surface area contributed by atoms with Crippen molar-refractivity contribution < 1.29 is 49.1 Å². The van der Waals surface area contributed by atoms with E-state index in [0.29, 0.717) is 5.75 Å². The van der Waals surface area contributed by atoms with Crippen LogP contribution in [0.25, 0.3) is 0 Å². The van der Waals surface area contributed by atoms with Crippen molar-refractivity contribution in [3.05, 3.63) is 114 Å². The van der Waals surface area contributed by atoms with Gasteiger partial charge in [0.15, 0.2) is 0 Å². The van der Waals surface area contributed by atoms with E-state index in [2.05, 4.69) is 6.92 Å². The molecule has 4 aromatic carbocycles. The first kappa shape index (κ1) is 49.2. The van der Waals surface area contributed by atoms with Crippen LogP contribution in [0.2, 0.25) is 0 Å². The third-order valence-electron chi connectivity index (χ3n) is 7.25. The van der Waals surface area contributed by atoms with Crippen molar-refractivity contribution in [1.29, 1.82) is 0 Å². The maximum Gasteiger partial charge on any atom is 0.294 e. The summed E-state index contributed by atoms with van der Waals surface area (Å²) < 4.78 is 89.7. The summed E-state index contributed by atoms with van der Waals surface area (Å²) in [6.45, 7) is 8.09. The van der Waals surface area contributed by atoms with Crippen molar-refractivity contribution in [2.24, 2.45) is 0 Å². The van der Waals surface area contributed by atoms with Gasteiger partial charge in [0.25, 0.3) is 30.4 Å². The van der Waals surface area contributed by atoms with Gasteiger partial charge in [-0.25, -0.2) is 0 Å². The molecule has 0 unspecified atom stereocenters. The van der Waals surface area contributed by atoms with Gasteiger partial charge in [0.1, 0.15) is 11.5 Å². The molecule has 296 valence electrons. The van der Waals surface area contributed by atoms with Crippen LogP contribution in [0.4, 0.5) is 0 Å². The summed E-state index contributed by atoms with van der Waals surface area (Å²) >= 11 is 0. The summed E-state index contributed by atoms with van der Waals surface area (Å²) in [7, 11) is -12.2. The maximum atomic E-state index is 10.9. The molecule has 0 saturated heterocycles. The molecule has 0 atom stereocenters. The van der Waals surface area contributed by atoms with Crippen LogP contribution in [0.15, 0.2) is 118 Å². The molecule has 14 heteroatoms. The molecule has 53 heavy (non-hydrogen) atoms. The van der Waals surface area contributed by atoms with Gasteiger partial charge in [-0.1, -0.05) is 127 Å². The van der Waals surface area contributed by atoms with E-state index < -0.39 is 30.4 Å². The number of aromatic hydroxyl groups is 2. The zero-order chi connectivity index (χ0) is 40.3. The monoisotopic (exact) mass is 796 g/mol. The number of aryl methyl sites for hydroxylation is 2. The number of hydrogen-bond acceptors (Lipinski definition) is 8. The minimum absolute atomic E-state index is 0.0284. The highest BCUT2D eigenvalue weighted by Gasteiger charge is 2.09. The fourth-order valence-corrected chi connectivity index (χ4v) is 5.84. The van der Waals surface area contributed by atoms with E-state index in [-0.39, 0.29) is 20.4 Å². The molecule has 0 aliphatic carbocycles. The van der Waals surface area contributed by atoms with E-state index in [4.69, 9.17) is 23.9 Å². The normalized spacial score (nSPS) is 10.8. The van der Waals surface area contributed by atoms with Gasteiger partial charge in [0, 0.05) is 0 Å².